The molecule has 17 heavy (non-hydrogen) atoms. The second kappa shape index (κ2) is 3.52. The van der Waals surface area contributed by atoms with Crippen LogP contribution in [0.15, 0.2) is 51.5 Å². The zero-order chi connectivity index (χ0) is 11.8. The first-order valence-electron chi connectivity index (χ1n) is 5.12. The Kier molecular flexibility index (Phi) is 2.01. The highest BCUT2D eigenvalue weighted by molar-refractivity contribution is 5.97. The topological polar surface area (TPSA) is 69.4 Å². The van der Waals surface area contributed by atoms with Gasteiger partial charge in [0, 0.05) is 5.39 Å². The standard InChI is InChI=1S/C13H9NO3/c14-13(15)12-9(5-6-16-12)11-7-8-3-1-2-4-10(8)17-11/h1-7H,(H2,14,15). The molecule has 2 aromatic heterocycles. The van der Waals surface area contributed by atoms with E-state index in [0.717, 1.165) is 11.0 Å². The Morgan fingerprint density at radius 3 is 2.76 bits per heavy atom. The number of primary amides is 1. The molecule has 3 rings (SSSR count). The Bertz CT molecular complexity index is 660. The molecule has 2 N–H and O–H groups in total. The van der Waals surface area contributed by atoms with E-state index in [4.69, 9.17) is 14.6 Å². The van der Waals surface area contributed by atoms with E-state index in [1.54, 1.807) is 6.07 Å². The smallest absolute Gasteiger partial charge is 0.285 e. The van der Waals surface area contributed by atoms with Crippen LogP contribution in [0.4, 0.5) is 0 Å². The summed E-state index contributed by atoms with van der Waals surface area (Å²) in [7, 11) is 0. The van der Waals surface area contributed by atoms with Gasteiger partial charge in [-0.15, -0.1) is 0 Å². The first-order chi connectivity index (χ1) is 8.25. The minimum Gasteiger partial charge on any atom is -0.458 e. The Balaban J connectivity index is 2.20. The van der Waals surface area contributed by atoms with Crippen LogP contribution in [-0.2, 0) is 0 Å². The average molecular weight is 227 g/mol. The van der Waals surface area contributed by atoms with E-state index in [1.807, 2.05) is 30.3 Å². The van der Waals surface area contributed by atoms with Crippen molar-refractivity contribution in [3.63, 3.8) is 0 Å². The van der Waals surface area contributed by atoms with Crippen LogP contribution in [-0.4, -0.2) is 5.91 Å². The van der Waals surface area contributed by atoms with Gasteiger partial charge >= 0.3 is 0 Å². The van der Waals surface area contributed by atoms with Crippen LogP contribution in [0.5, 0.6) is 0 Å². The number of hydrogen-bond donors (Lipinski definition) is 1. The second-order valence-corrected chi connectivity index (χ2v) is 3.68. The van der Waals surface area contributed by atoms with Crippen LogP contribution in [0.25, 0.3) is 22.3 Å². The highest BCUT2D eigenvalue weighted by Gasteiger charge is 2.16. The van der Waals surface area contributed by atoms with Gasteiger partial charge in [0.05, 0.1) is 11.8 Å². The number of rotatable bonds is 2. The molecule has 2 heterocycles. The Hall–Kier alpha value is -2.49. The second-order valence-electron chi connectivity index (χ2n) is 3.68. The summed E-state index contributed by atoms with van der Waals surface area (Å²) < 4.78 is 10.7. The predicted molar refractivity (Wildman–Crippen MR) is 62.4 cm³/mol. The quantitative estimate of drug-likeness (QED) is 0.731. The number of para-hydroxylation sites is 1. The Labute approximate surface area is 96.6 Å². The molecule has 0 unspecified atom stereocenters. The highest BCUT2D eigenvalue weighted by Crippen LogP contribution is 2.30. The van der Waals surface area contributed by atoms with Gasteiger partial charge in [0.15, 0.2) is 0 Å². The summed E-state index contributed by atoms with van der Waals surface area (Å²) in [6.07, 6.45) is 1.42. The number of fused-ring (bicyclic) bond motifs is 1. The summed E-state index contributed by atoms with van der Waals surface area (Å²) in [6.45, 7) is 0. The van der Waals surface area contributed by atoms with Gasteiger partial charge in [0.25, 0.3) is 5.91 Å². The van der Waals surface area contributed by atoms with Gasteiger partial charge in [-0.05, 0) is 18.2 Å². The van der Waals surface area contributed by atoms with E-state index in [2.05, 4.69) is 0 Å². The van der Waals surface area contributed by atoms with Crippen molar-refractivity contribution in [2.75, 3.05) is 0 Å². The fourth-order valence-corrected chi connectivity index (χ4v) is 1.81. The van der Waals surface area contributed by atoms with Gasteiger partial charge in [-0.3, -0.25) is 4.79 Å². The van der Waals surface area contributed by atoms with E-state index in [-0.39, 0.29) is 5.76 Å². The lowest BCUT2D eigenvalue weighted by molar-refractivity contribution is 0.0974. The van der Waals surface area contributed by atoms with Crippen molar-refractivity contribution in [2.45, 2.75) is 0 Å². The molecule has 4 heteroatoms. The Morgan fingerprint density at radius 1 is 1.18 bits per heavy atom. The molecular formula is C13H9NO3. The van der Waals surface area contributed by atoms with Crippen molar-refractivity contribution in [1.82, 2.24) is 0 Å². The molecule has 1 amide bonds. The molecule has 3 aromatic rings. The minimum atomic E-state index is -0.606. The summed E-state index contributed by atoms with van der Waals surface area (Å²) in [6, 6.07) is 11.1. The van der Waals surface area contributed by atoms with E-state index < -0.39 is 5.91 Å². The lowest BCUT2D eigenvalue weighted by Gasteiger charge is -1.93. The molecule has 0 spiro atoms. The summed E-state index contributed by atoms with van der Waals surface area (Å²) in [4.78, 5) is 11.2. The fraction of sp³-hybridized carbons (Fsp3) is 0. The largest absolute Gasteiger partial charge is 0.458 e. The summed E-state index contributed by atoms with van der Waals surface area (Å²) in [5.41, 5.74) is 6.56. The number of hydrogen-bond acceptors (Lipinski definition) is 3. The van der Waals surface area contributed by atoms with E-state index in [0.29, 0.717) is 11.3 Å². The van der Waals surface area contributed by atoms with Crippen molar-refractivity contribution in [2.24, 2.45) is 5.73 Å². The number of benzene rings is 1. The van der Waals surface area contributed by atoms with Crippen LogP contribution < -0.4 is 5.73 Å². The lowest BCUT2D eigenvalue weighted by atomic mass is 10.1. The summed E-state index contributed by atoms with van der Waals surface area (Å²) in [5, 5.41) is 0.971. The molecule has 0 radical (unpaired) electrons. The fourth-order valence-electron chi connectivity index (χ4n) is 1.81. The third kappa shape index (κ3) is 1.50. The van der Waals surface area contributed by atoms with Gasteiger partial charge in [-0.1, -0.05) is 18.2 Å². The molecule has 84 valence electrons. The Morgan fingerprint density at radius 2 is 2.00 bits per heavy atom. The van der Waals surface area contributed by atoms with Crippen LogP contribution >= 0.6 is 0 Å². The van der Waals surface area contributed by atoms with Crippen LogP contribution in [0.3, 0.4) is 0 Å². The molecule has 4 nitrogen and oxygen atoms in total. The van der Waals surface area contributed by atoms with Gasteiger partial charge in [0.2, 0.25) is 5.76 Å². The molecule has 0 atom stereocenters. The molecule has 0 saturated heterocycles. The summed E-state index contributed by atoms with van der Waals surface area (Å²) in [5.74, 6) is 0.0864. The zero-order valence-electron chi connectivity index (χ0n) is 8.84. The SMILES string of the molecule is NC(=O)c1occc1-c1cc2ccccc2o1. The molecule has 0 bridgehead atoms. The van der Waals surface area contributed by atoms with Crippen molar-refractivity contribution < 1.29 is 13.6 Å². The lowest BCUT2D eigenvalue weighted by Crippen LogP contribution is -2.10. The van der Waals surface area contributed by atoms with Crippen molar-refractivity contribution in [3.8, 4) is 11.3 Å². The molecule has 0 aliphatic heterocycles. The molecule has 0 saturated carbocycles. The monoisotopic (exact) mass is 227 g/mol. The molecule has 0 aliphatic rings. The first kappa shape index (κ1) is 9.72. The zero-order valence-corrected chi connectivity index (χ0v) is 8.84. The van der Waals surface area contributed by atoms with Crippen LogP contribution in [0.2, 0.25) is 0 Å². The summed E-state index contributed by atoms with van der Waals surface area (Å²) >= 11 is 0. The third-order valence-electron chi connectivity index (χ3n) is 2.58. The van der Waals surface area contributed by atoms with Gasteiger partial charge in [-0.2, -0.15) is 0 Å². The molecular weight excluding hydrogens is 218 g/mol. The number of amides is 1. The maximum Gasteiger partial charge on any atom is 0.285 e. The van der Waals surface area contributed by atoms with Gasteiger partial charge in [0.1, 0.15) is 11.3 Å². The van der Waals surface area contributed by atoms with Crippen molar-refractivity contribution >= 4 is 16.9 Å². The number of nitrogens with two attached hydrogens (primary N) is 1. The number of carbonyl (C=O) groups is 1. The van der Waals surface area contributed by atoms with Crippen molar-refractivity contribution in [3.05, 3.63) is 48.4 Å². The molecule has 0 aliphatic carbocycles. The molecule has 1 aromatic carbocycles. The van der Waals surface area contributed by atoms with Crippen molar-refractivity contribution in [1.29, 1.82) is 0 Å². The predicted octanol–water partition coefficient (Wildman–Crippen LogP) is 2.79. The van der Waals surface area contributed by atoms with E-state index in [9.17, 15) is 4.79 Å². The van der Waals surface area contributed by atoms with Gasteiger partial charge in [-0.25, -0.2) is 0 Å². The minimum absolute atomic E-state index is 0.115. The van der Waals surface area contributed by atoms with Crippen LogP contribution in [0.1, 0.15) is 10.6 Å². The van der Waals surface area contributed by atoms with E-state index in [1.165, 1.54) is 6.26 Å². The average Bonchev–Trinajstić information content (AvgIpc) is 2.95. The maximum absolute atomic E-state index is 11.2. The molecule has 0 fully saturated rings. The van der Waals surface area contributed by atoms with Gasteiger partial charge < -0.3 is 14.6 Å². The van der Waals surface area contributed by atoms with Crippen LogP contribution in [0, 0.1) is 0 Å². The third-order valence-corrected chi connectivity index (χ3v) is 2.58. The number of furan rings is 2. The van der Waals surface area contributed by atoms with E-state index >= 15 is 0 Å². The first-order valence-corrected chi connectivity index (χ1v) is 5.12. The highest BCUT2D eigenvalue weighted by atomic mass is 16.4. The number of carbonyl (C=O) groups excluding carboxylic acids is 1. The normalized spacial score (nSPS) is 10.8. The maximum atomic E-state index is 11.2.